The molecule has 2 saturated heterocycles. The predicted molar refractivity (Wildman–Crippen MR) is 110 cm³/mol. The van der Waals surface area contributed by atoms with Gasteiger partial charge < -0.3 is 30.7 Å². The van der Waals surface area contributed by atoms with Crippen molar-refractivity contribution in [1.82, 2.24) is 21.3 Å². The smallest absolute Gasteiger partial charge is 0.407 e. The molecule has 156 valence electrons. The number of amides is 1. The summed E-state index contributed by atoms with van der Waals surface area (Å²) in [5, 5.41) is 13.2. The van der Waals surface area contributed by atoms with Crippen LogP contribution in [0, 0.1) is 0 Å². The van der Waals surface area contributed by atoms with E-state index in [-0.39, 0.29) is 18.2 Å². The van der Waals surface area contributed by atoms with Gasteiger partial charge in [0, 0.05) is 31.7 Å². The Bertz CT molecular complexity index is 590. The molecule has 7 nitrogen and oxygen atoms in total. The lowest BCUT2D eigenvalue weighted by molar-refractivity contribution is 0.0725. The summed E-state index contributed by atoms with van der Waals surface area (Å²) in [6.07, 6.45) is 4.62. The maximum absolute atomic E-state index is 12.3. The van der Waals surface area contributed by atoms with Gasteiger partial charge in [-0.15, -0.1) is 0 Å². The van der Waals surface area contributed by atoms with Crippen molar-refractivity contribution in [3.8, 4) is 5.75 Å². The Morgan fingerprint density at radius 1 is 1.14 bits per heavy atom. The van der Waals surface area contributed by atoms with E-state index in [0.29, 0.717) is 12.6 Å². The van der Waals surface area contributed by atoms with Gasteiger partial charge in [-0.05, 0) is 62.9 Å². The molecule has 0 aromatic heterocycles. The minimum atomic E-state index is -0.320. The van der Waals surface area contributed by atoms with Crippen molar-refractivity contribution in [2.45, 2.75) is 50.3 Å². The molecule has 0 aliphatic carbocycles. The van der Waals surface area contributed by atoms with Gasteiger partial charge in [0.15, 0.2) is 0 Å². The summed E-state index contributed by atoms with van der Waals surface area (Å²) >= 11 is 0. The Balaban J connectivity index is 1.45. The first-order chi connectivity index (χ1) is 13.7. The second-order valence-electron chi connectivity index (χ2n) is 7.62. The number of carbonyl (C=O) groups excluding carboxylic acids is 1. The van der Waals surface area contributed by atoms with Crippen LogP contribution < -0.4 is 26.0 Å². The summed E-state index contributed by atoms with van der Waals surface area (Å²) in [7, 11) is 1.67. The molecule has 0 saturated carbocycles. The van der Waals surface area contributed by atoms with Gasteiger partial charge in [-0.2, -0.15) is 0 Å². The van der Waals surface area contributed by atoms with Crippen molar-refractivity contribution in [2.75, 3.05) is 39.8 Å². The van der Waals surface area contributed by atoms with E-state index in [0.717, 1.165) is 64.0 Å². The Labute approximate surface area is 167 Å². The van der Waals surface area contributed by atoms with Gasteiger partial charge in [0.2, 0.25) is 0 Å². The lowest BCUT2D eigenvalue weighted by atomic mass is 9.99. The lowest BCUT2D eigenvalue weighted by Crippen LogP contribution is -2.45. The average molecular weight is 391 g/mol. The number of alkyl carbamates (subject to hydrolysis) is 1. The van der Waals surface area contributed by atoms with Crippen LogP contribution in [0.3, 0.4) is 0 Å². The van der Waals surface area contributed by atoms with Crippen LogP contribution in [0.4, 0.5) is 4.79 Å². The molecule has 2 aliphatic rings. The second kappa shape index (κ2) is 11.2. The van der Waals surface area contributed by atoms with Crippen LogP contribution in [0.15, 0.2) is 24.3 Å². The highest BCUT2D eigenvalue weighted by Crippen LogP contribution is 2.19. The van der Waals surface area contributed by atoms with E-state index >= 15 is 0 Å². The zero-order valence-electron chi connectivity index (χ0n) is 16.8. The number of hydrogen-bond acceptors (Lipinski definition) is 6. The zero-order valence-corrected chi connectivity index (χ0v) is 16.8. The third-order valence-corrected chi connectivity index (χ3v) is 5.53. The predicted octanol–water partition coefficient (Wildman–Crippen LogP) is 1.43. The summed E-state index contributed by atoms with van der Waals surface area (Å²) in [5.41, 5.74) is 1.21. The monoisotopic (exact) mass is 390 g/mol. The molecule has 2 aliphatic heterocycles. The molecule has 0 bridgehead atoms. The highest BCUT2D eigenvalue weighted by Gasteiger charge is 2.27. The Morgan fingerprint density at radius 2 is 2.00 bits per heavy atom. The molecule has 1 aromatic carbocycles. The molecule has 3 atom stereocenters. The standard InChI is InChI=1S/C21H34N4O3/c1-27-18-7-5-16(6-8-18)14-19-20(4-2-3-10-24-19)28-21(26)25-13-12-23-17-9-11-22-15-17/h5-8,17,19-20,22-24H,2-4,9-15H2,1H3,(H,25,26)/t17-,19-,20-/m1/s1. The van der Waals surface area contributed by atoms with Crippen molar-refractivity contribution in [2.24, 2.45) is 0 Å². The second-order valence-corrected chi connectivity index (χ2v) is 7.62. The molecule has 0 radical (unpaired) electrons. The maximum atomic E-state index is 12.3. The first-order valence-corrected chi connectivity index (χ1v) is 10.5. The summed E-state index contributed by atoms with van der Waals surface area (Å²) in [5.74, 6) is 0.853. The number of carbonyl (C=O) groups is 1. The fourth-order valence-corrected chi connectivity index (χ4v) is 3.90. The number of rotatable bonds is 8. The van der Waals surface area contributed by atoms with E-state index in [1.54, 1.807) is 7.11 Å². The van der Waals surface area contributed by atoms with Crippen molar-refractivity contribution >= 4 is 6.09 Å². The van der Waals surface area contributed by atoms with Gasteiger partial charge in [0.25, 0.3) is 0 Å². The zero-order chi connectivity index (χ0) is 19.6. The van der Waals surface area contributed by atoms with Crippen molar-refractivity contribution in [1.29, 1.82) is 0 Å². The van der Waals surface area contributed by atoms with E-state index in [4.69, 9.17) is 9.47 Å². The molecular weight excluding hydrogens is 356 g/mol. The molecule has 3 rings (SSSR count). The van der Waals surface area contributed by atoms with E-state index in [2.05, 4.69) is 33.4 Å². The van der Waals surface area contributed by atoms with Crippen LogP contribution in [-0.2, 0) is 11.2 Å². The summed E-state index contributed by atoms with van der Waals surface area (Å²) < 4.78 is 11.0. The normalized spacial score (nSPS) is 25.1. The molecule has 0 unspecified atom stereocenters. The molecule has 0 spiro atoms. The van der Waals surface area contributed by atoms with Gasteiger partial charge in [-0.1, -0.05) is 12.1 Å². The minimum absolute atomic E-state index is 0.114. The van der Waals surface area contributed by atoms with E-state index in [1.165, 1.54) is 5.56 Å². The van der Waals surface area contributed by atoms with Crippen LogP contribution >= 0.6 is 0 Å². The van der Waals surface area contributed by atoms with Crippen LogP contribution in [-0.4, -0.2) is 64.1 Å². The van der Waals surface area contributed by atoms with E-state index < -0.39 is 0 Å². The third kappa shape index (κ3) is 6.65. The summed E-state index contributed by atoms with van der Waals surface area (Å²) in [4.78, 5) is 12.3. The molecule has 7 heteroatoms. The number of methoxy groups -OCH3 is 1. The van der Waals surface area contributed by atoms with Gasteiger partial charge in [-0.3, -0.25) is 0 Å². The largest absolute Gasteiger partial charge is 0.497 e. The van der Waals surface area contributed by atoms with Crippen molar-refractivity contribution < 1.29 is 14.3 Å². The van der Waals surface area contributed by atoms with Crippen LogP contribution in [0.2, 0.25) is 0 Å². The molecule has 1 amide bonds. The topological polar surface area (TPSA) is 83.7 Å². The fourth-order valence-electron chi connectivity index (χ4n) is 3.90. The number of ether oxygens (including phenoxy) is 2. The molecule has 1 aromatic rings. The fraction of sp³-hybridized carbons (Fsp3) is 0.667. The minimum Gasteiger partial charge on any atom is -0.497 e. The number of hydrogen-bond donors (Lipinski definition) is 4. The Morgan fingerprint density at radius 3 is 2.75 bits per heavy atom. The summed E-state index contributed by atoms with van der Waals surface area (Å²) in [6.45, 7) is 4.38. The van der Waals surface area contributed by atoms with Gasteiger partial charge in [0.05, 0.1) is 7.11 Å². The first-order valence-electron chi connectivity index (χ1n) is 10.5. The van der Waals surface area contributed by atoms with Crippen LogP contribution in [0.1, 0.15) is 31.2 Å². The number of nitrogens with one attached hydrogen (secondary N) is 4. The number of benzene rings is 1. The van der Waals surface area contributed by atoms with E-state index in [9.17, 15) is 4.79 Å². The van der Waals surface area contributed by atoms with Crippen molar-refractivity contribution in [3.05, 3.63) is 29.8 Å². The Kier molecular flexibility index (Phi) is 8.39. The average Bonchev–Trinajstić information content (AvgIpc) is 3.14. The highest BCUT2D eigenvalue weighted by atomic mass is 16.6. The summed E-state index contributed by atoms with van der Waals surface area (Å²) in [6, 6.07) is 8.74. The molecule has 4 N–H and O–H groups in total. The van der Waals surface area contributed by atoms with Gasteiger partial charge in [0.1, 0.15) is 11.9 Å². The third-order valence-electron chi connectivity index (χ3n) is 5.53. The molecule has 2 fully saturated rings. The first kappa shape index (κ1) is 20.9. The quantitative estimate of drug-likeness (QED) is 0.503. The maximum Gasteiger partial charge on any atom is 0.407 e. The van der Waals surface area contributed by atoms with Gasteiger partial charge >= 0.3 is 6.09 Å². The van der Waals surface area contributed by atoms with Crippen LogP contribution in [0.25, 0.3) is 0 Å². The van der Waals surface area contributed by atoms with Gasteiger partial charge in [-0.25, -0.2) is 4.79 Å². The van der Waals surface area contributed by atoms with E-state index in [1.807, 2.05) is 12.1 Å². The molecule has 28 heavy (non-hydrogen) atoms. The highest BCUT2D eigenvalue weighted by molar-refractivity contribution is 5.67. The van der Waals surface area contributed by atoms with Crippen LogP contribution in [0.5, 0.6) is 5.75 Å². The van der Waals surface area contributed by atoms with Crippen molar-refractivity contribution in [3.63, 3.8) is 0 Å². The SMILES string of the molecule is COc1ccc(C[C@H]2NCCCC[C@H]2OC(=O)NCCN[C@@H]2CCNC2)cc1. The molecule has 2 heterocycles. The Hall–Kier alpha value is -1.83. The lowest BCUT2D eigenvalue weighted by Gasteiger charge is -2.26. The molecular formula is C21H34N4O3.